The normalized spacial score (nSPS) is 16.0. The average molecular weight is 1640 g/mol. The molecule has 24 nitrogen and oxygen atoms in total. The fraction of sp³-hybridized carbons (Fsp3) is 0.381. The van der Waals surface area contributed by atoms with Crippen molar-refractivity contribution in [2.24, 2.45) is 35.1 Å². The molecule has 2 aliphatic carbocycles. The number of ether oxygens (including phenoxy) is 6. The second-order valence-electron chi connectivity index (χ2n) is 29.2. The van der Waals surface area contributed by atoms with Gasteiger partial charge in [-0.3, -0.25) is 10.8 Å². The zero-order chi connectivity index (χ0) is 82.9. The lowest BCUT2D eigenvalue weighted by atomic mass is 9.78. The Morgan fingerprint density at radius 3 is 1.06 bits per heavy atom. The third-order valence-electron chi connectivity index (χ3n) is 21.4. The van der Waals surface area contributed by atoms with Crippen LogP contribution < -0.4 is 39.9 Å². The molecule has 0 saturated heterocycles. The number of benzene rings is 8. The Kier molecular flexibility index (Phi) is 28.6. The van der Waals surface area contributed by atoms with E-state index >= 15 is 43.2 Å². The molecule has 0 spiro atoms. The summed E-state index contributed by atoms with van der Waals surface area (Å²) < 4.78 is 188. The highest BCUT2D eigenvalue weighted by Crippen LogP contribution is 2.47. The highest BCUT2D eigenvalue weighted by atomic mass is 32.2. The first-order chi connectivity index (χ1) is 55.5. The van der Waals surface area contributed by atoms with Crippen LogP contribution in [0.5, 0.6) is 34.5 Å². The van der Waals surface area contributed by atoms with Crippen LogP contribution in [0.3, 0.4) is 0 Å². The van der Waals surface area contributed by atoms with E-state index in [1.807, 2.05) is 0 Å². The van der Waals surface area contributed by atoms with Gasteiger partial charge in [0.2, 0.25) is 25.9 Å². The van der Waals surface area contributed by atoms with Gasteiger partial charge in [0.25, 0.3) is 0 Å². The molecule has 0 aliphatic heterocycles. The molecular weight excluding hydrogens is 1540 g/mol. The van der Waals surface area contributed by atoms with Crippen LogP contribution in [-0.4, -0.2) is 120 Å². The van der Waals surface area contributed by atoms with Crippen molar-refractivity contribution in [3.05, 3.63) is 225 Å². The number of nitrogens with one attached hydrogen (secondary N) is 2. The summed E-state index contributed by atoms with van der Waals surface area (Å²) in [7, 11) is -0.862. The largest absolute Gasteiger partial charge is 0.497 e. The number of tetrazole rings is 2. The summed E-state index contributed by atoms with van der Waals surface area (Å²) in [4.78, 5) is -0.593. The smallest absolute Gasteiger partial charge is 0.417 e. The minimum atomic E-state index is -5.06. The van der Waals surface area contributed by atoms with E-state index in [0.717, 1.165) is 83.2 Å². The van der Waals surface area contributed by atoms with E-state index in [-0.39, 0.29) is 98.4 Å². The second-order valence-corrected chi connectivity index (χ2v) is 32.9. The number of alkyl halides is 6. The van der Waals surface area contributed by atoms with Crippen molar-refractivity contribution in [2.75, 3.05) is 42.7 Å². The van der Waals surface area contributed by atoms with E-state index in [0.29, 0.717) is 105 Å². The maximum Gasteiger partial charge on any atom is 0.417 e. The third kappa shape index (κ3) is 22.2. The minimum absolute atomic E-state index is 0.0447. The number of rotatable bonds is 34. The number of nitrogens with two attached hydrogens (primary N) is 2. The molecule has 8 aromatic carbocycles. The van der Waals surface area contributed by atoms with Crippen LogP contribution in [0.4, 0.5) is 26.3 Å². The molecule has 12 rings (SSSR count). The molecule has 0 unspecified atom stereocenters. The van der Waals surface area contributed by atoms with Crippen LogP contribution in [-0.2, 0) is 84.5 Å². The lowest BCUT2D eigenvalue weighted by Gasteiger charge is -2.29. The molecule has 116 heavy (non-hydrogen) atoms. The molecule has 2 fully saturated rings. The van der Waals surface area contributed by atoms with E-state index < -0.39 is 53.3 Å². The number of hydrogen-bond donors (Lipinski definition) is 4. The molecular formula is C84H96F6N14O10S2. The Hall–Kier alpha value is -11.0. The van der Waals surface area contributed by atoms with Crippen molar-refractivity contribution in [3.8, 4) is 57.3 Å². The minimum Gasteiger partial charge on any atom is -0.497 e. The molecule has 2 heterocycles. The van der Waals surface area contributed by atoms with Crippen LogP contribution in [0.25, 0.3) is 22.8 Å². The Morgan fingerprint density at radius 2 is 0.733 bits per heavy atom. The molecule has 2 aliphatic rings. The quantitative estimate of drug-likeness (QED) is 0.0165. The van der Waals surface area contributed by atoms with Gasteiger partial charge in [-0.05, 0) is 220 Å². The number of halogens is 6. The SMILES string of the molecule is COc1ccc(CN(Cc2ccc(OC)cc2)S(=O)(=O)c2c(C(F)(F)F)ccc(CCC3CCC(CC(=N)N)CC3)c2-c2nnn(Cc3ccc(OC)cc3)n2)cc1.COc1ccc(CN(Cc2ccc(OC)cc2)S(=O)(=O)c2c(C(F)(F)F)ccc(CCC3CCC(CC(=N)N)CC3)c2-c2nnnn2Cc2ccc(OC)cc2)cc1. The highest BCUT2D eigenvalue weighted by molar-refractivity contribution is 7.89. The first-order valence-electron chi connectivity index (χ1n) is 38.0. The Morgan fingerprint density at radius 1 is 0.422 bits per heavy atom. The van der Waals surface area contributed by atoms with Gasteiger partial charge in [0.15, 0.2) is 5.82 Å². The van der Waals surface area contributed by atoms with Gasteiger partial charge in [0.1, 0.15) is 44.3 Å². The van der Waals surface area contributed by atoms with Gasteiger partial charge in [0.05, 0.1) is 78.5 Å². The summed E-state index contributed by atoms with van der Waals surface area (Å²) in [6.45, 7) is -0.832. The van der Waals surface area contributed by atoms with Gasteiger partial charge in [0, 0.05) is 50.1 Å². The van der Waals surface area contributed by atoms with Crippen molar-refractivity contribution in [3.63, 3.8) is 0 Å². The van der Waals surface area contributed by atoms with Crippen LogP contribution in [0.2, 0.25) is 0 Å². The lowest BCUT2D eigenvalue weighted by molar-refractivity contribution is -0.140. The average Bonchev–Trinajstić information content (AvgIpc) is 1.13. The van der Waals surface area contributed by atoms with E-state index in [1.54, 1.807) is 153 Å². The van der Waals surface area contributed by atoms with Crippen molar-refractivity contribution in [1.82, 2.24) is 49.0 Å². The number of nitrogens with zero attached hydrogens (tertiary/aromatic N) is 10. The van der Waals surface area contributed by atoms with Gasteiger partial charge >= 0.3 is 12.4 Å². The summed E-state index contributed by atoms with van der Waals surface area (Å²) in [6, 6.07) is 45.4. The first kappa shape index (κ1) is 85.9. The van der Waals surface area contributed by atoms with Crippen LogP contribution >= 0.6 is 0 Å². The van der Waals surface area contributed by atoms with E-state index in [9.17, 15) is 0 Å². The van der Waals surface area contributed by atoms with Gasteiger partial charge < -0.3 is 39.9 Å². The number of sulfonamides is 2. The molecule has 0 amide bonds. The molecule has 10 aromatic rings. The topological polar surface area (TPSA) is 317 Å². The fourth-order valence-corrected chi connectivity index (χ4v) is 18.7. The summed E-state index contributed by atoms with van der Waals surface area (Å²) in [5.74, 6) is 4.53. The molecule has 0 bridgehead atoms. The maximum atomic E-state index is 15.4. The molecule has 616 valence electrons. The summed E-state index contributed by atoms with van der Waals surface area (Å²) in [5, 5.41) is 40.6. The molecule has 6 N–H and O–H groups in total. The van der Waals surface area contributed by atoms with Crippen molar-refractivity contribution >= 4 is 31.7 Å². The van der Waals surface area contributed by atoms with Crippen molar-refractivity contribution in [1.29, 1.82) is 10.8 Å². The standard InChI is InChI=1S/2C42H48F3N7O5S/c1-55-34-17-9-30(10-18-34)25-51(26-31-11-19-35(56-2)20-12-31)58(53,54)40-37(42(43,44)45)23-16-33(15-8-28-4-6-29(7-5-28)24-38(46)47)39(40)41-48-49-50-52(41)27-32-13-21-36(57-3)22-14-32;1-55-34-17-9-30(10-18-34)25-51(26-31-11-19-35(56-2)20-12-31)58(53,54)40-37(42(43,44)45)23-16-33(15-8-28-4-6-29(7-5-28)24-38(46)47)39(40)41-48-50-52(49-41)27-32-13-21-36(57-3)22-14-32/h2*9-14,16-23,28-29H,4-8,15,24-27H2,1-3H3,(H3,46,47). The van der Waals surface area contributed by atoms with E-state index in [1.165, 1.54) is 57.2 Å². The van der Waals surface area contributed by atoms with E-state index in [4.69, 9.17) is 50.7 Å². The number of aryl methyl sites for hydroxylation is 2. The molecule has 2 aromatic heterocycles. The lowest BCUT2D eigenvalue weighted by Crippen LogP contribution is -2.33. The van der Waals surface area contributed by atoms with Gasteiger partial charge in [-0.1, -0.05) is 111 Å². The Balaban J connectivity index is 0.000000228. The predicted molar refractivity (Wildman–Crippen MR) is 426 cm³/mol. The number of amidine groups is 2. The number of aromatic nitrogens is 8. The third-order valence-corrected chi connectivity index (χ3v) is 25.1. The molecule has 0 radical (unpaired) electrons. The Bertz CT molecular complexity index is 5060. The number of methoxy groups -OCH3 is 6. The summed E-state index contributed by atoms with van der Waals surface area (Å²) in [5.41, 5.74) is 12.7. The monoisotopic (exact) mass is 1640 g/mol. The fourth-order valence-electron chi connectivity index (χ4n) is 15.1. The van der Waals surface area contributed by atoms with Gasteiger partial charge in [-0.15, -0.1) is 15.3 Å². The molecule has 32 heteroatoms. The van der Waals surface area contributed by atoms with Gasteiger partial charge in [-0.25, -0.2) is 21.5 Å². The van der Waals surface area contributed by atoms with Crippen LogP contribution in [0.1, 0.15) is 133 Å². The number of hydrogen-bond acceptors (Lipinski definition) is 18. The first-order valence-corrected chi connectivity index (χ1v) is 40.9. The van der Waals surface area contributed by atoms with Crippen LogP contribution in [0, 0.1) is 34.5 Å². The summed E-state index contributed by atoms with van der Waals surface area (Å²) in [6.07, 6.45) is -0.267. The van der Waals surface area contributed by atoms with E-state index in [2.05, 4.69) is 30.9 Å². The maximum absolute atomic E-state index is 15.4. The predicted octanol–water partition coefficient (Wildman–Crippen LogP) is 15.8. The van der Waals surface area contributed by atoms with Crippen molar-refractivity contribution in [2.45, 2.75) is 151 Å². The Labute approximate surface area is 671 Å². The summed E-state index contributed by atoms with van der Waals surface area (Å²) >= 11 is 0. The highest BCUT2D eigenvalue weighted by Gasteiger charge is 2.45. The van der Waals surface area contributed by atoms with Crippen LogP contribution in [0.15, 0.2) is 180 Å². The van der Waals surface area contributed by atoms with Gasteiger partial charge in [-0.2, -0.15) is 39.7 Å². The second kappa shape index (κ2) is 38.7. The zero-order valence-electron chi connectivity index (χ0n) is 65.4. The zero-order valence-corrected chi connectivity index (χ0v) is 67.0. The molecule has 2 saturated carbocycles. The molecule has 0 atom stereocenters. The van der Waals surface area contributed by atoms with Crippen molar-refractivity contribution < 1.29 is 71.6 Å².